The van der Waals surface area contributed by atoms with E-state index in [9.17, 15) is 35.9 Å². The van der Waals surface area contributed by atoms with Gasteiger partial charge in [-0.25, -0.2) is 0 Å². The fraction of sp³-hybridized carbons (Fsp3) is 0.471. The molecule has 0 N–H and O–H groups in total. The number of rotatable bonds is 4. The predicted molar refractivity (Wildman–Crippen MR) is 170 cm³/mol. The number of hydrogen-bond donors (Lipinski definition) is 0. The van der Waals surface area contributed by atoms with E-state index in [4.69, 9.17) is 4.74 Å². The third-order valence-electron chi connectivity index (χ3n) is 8.71. The Kier molecular flexibility index (Phi) is 9.26. The Morgan fingerprint density at radius 3 is 2.11 bits per heavy atom. The van der Waals surface area contributed by atoms with E-state index in [2.05, 4.69) is 25.9 Å². The standard InChI is InChI=1S/C31H30F6N3O3.3CH3.Sn/c1-29(2,3)43-28(42)40-16-20(25-9-4-5-10-26(25)40)14-24-17-38-11-7-6-8-23(38)18-39(24)27(41)19-12-21(30(32,33)34)15-22(13-19)31(35,36)37;;;;/h4-5,9-13,15-16,23-24H,6,8,14,17-18H2,1-3H3;3*1H3;/t23-,24-;;;;/m1..../s1. The summed E-state index contributed by atoms with van der Waals surface area (Å²) < 4.78 is 90.9. The van der Waals surface area contributed by atoms with Crippen LogP contribution in [0.5, 0.6) is 0 Å². The van der Waals surface area contributed by atoms with Crippen LogP contribution < -0.4 is 0 Å². The normalized spacial score (nSPS) is 19.4. The predicted octanol–water partition coefficient (Wildman–Crippen LogP) is 8.75. The molecule has 2 aliphatic heterocycles. The zero-order valence-corrected chi connectivity index (χ0v) is 30.1. The second-order valence-corrected chi connectivity index (χ2v) is 29.1. The molecular weight excluding hydrogens is 731 g/mol. The maximum absolute atomic E-state index is 14.1. The van der Waals surface area contributed by atoms with Gasteiger partial charge in [0, 0.05) is 0 Å². The molecule has 1 amide bonds. The topological polar surface area (TPSA) is 54.8 Å². The van der Waals surface area contributed by atoms with Crippen molar-refractivity contribution in [3.63, 3.8) is 0 Å². The summed E-state index contributed by atoms with van der Waals surface area (Å²) in [5.41, 5.74) is -3.22. The second-order valence-electron chi connectivity index (χ2n) is 14.4. The Balaban J connectivity index is 1.58. The van der Waals surface area contributed by atoms with Crippen LogP contribution in [-0.4, -0.2) is 75.5 Å². The summed E-state index contributed by atoms with van der Waals surface area (Å²) in [6.45, 7) is 5.72. The molecule has 0 saturated carbocycles. The number of carbonyl (C=O) groups is 2. The van der Waals surface area contributed by atoms with E-state index in [0.29, 0.717) is 29.8 Å². The van der Waals surface area contributed by atoms with Gasteiger partial charge in [-0.1, -0.05) is 0 Å². The molecule has 0 radical (unpaired) electrons. The number of ether oxygens (including phenoxy) is 1. The van der Waals surface area contributed by atoms with Gasteiger partial charge in [0.2, 0.25) is 0 Å². The molecule has 1 aromatic heterocycles. The zero-order valence-electron chi connectivity index (χ0n) is 27.2. The Morgan fingerprint density at radius 2 is 1.53 bits per heavy atom. The molecule has 3 aromatic rings. The number of para-hydroxylation sites is 1. The van der Waals surface area contributed by atoms with E-state index < -0.39 is 71.1 Å². The van der Waals surface area contributed by atoms with Crippen molar-refractivity contribution >= 4 is 41.3 Å². The minimum absolute atomic E-state index is 0.0313. The van der Waals surface area contributed by atoms with Gasteiger partial charge in [-0.05, 0) is 20.8 Å². The van der Waals surface area contributed by atoms with Gasteiger partial charge in [-0.3, -0.25) is 0 Å². The number of amides is 1. The molecule has 13 heteroatoms. The summed E-state index contributed by atoms with van der Waals surface area (Å²) in [5, 5.41) is 0.729. The van der Waals surface area contributed by atoms with Crippen molar-refractivity contribution in [1.82, 2.24) is 14.4 Å². The molecule has 2 aliphatic rings. The number of halogens is 6. The Morgan fingerprint density at radius 1 is 0.915 bits per heavy atom. The van der Waals surface area contributed by atoms with Gasteiger partial charge in [0.25, 0.3) is 0 Å². The first kappa shape index (κ1) is 35.2. The minimum atomic E-state index is -5.08. The number of aromatic nitrogens is 1. The summed E-state index contributed by atoms with van der Waals surface area (Å²) >= 11 is -2.46. The van der Waals surface area contributed by atoms with Crippen LogP contribution >= 0.6 is 0 Å². The van der Waals surface area contributed by atoms with Gasteiger partial charge < -0.3 is 0 Å². The number of alkyl halides is 6. The summed E-state index contributed by atoms with van der Waals surface area (Å²) in [5.74, 6) is -0.896. The van der Waals surface area contributed by atoms with Crippen molar-refractivity contribution in [2.24, 2.45) is 0 Å². The number of nitrogens with zero attached hydrogens (tertiary/aromatic N) is 3. The van der Waals surface area contributed by atoms with Crippen molar-refractivity contribution in [2.75, 3.05) is 13.1 Å². The van der Waals surface area contributed by atoms with Crippen molar-refractivity contribution < 1.29 is 40.7 Å². The van der Waals surface area contributed by atoms with Gasteiger partial charge in [0.15, 0.2) is 0 Å². The molecule has 2 atom stereocenters. The molecule has 1 fully saturated rings. The van der Waals surface area contributed by atoms with E-state index in [1.807, 2.05) is 12.1 Å². The molecule has 3 heterocycles. The summed E-state index contributed by atoms with van der Waals surface area (Å²) in [6, 6.07) is 7.46. The zero-order chi connectivity index (χ0) is 34.7. The van der Waals surface area contributed by atoms with Crippen LogP contribution in [0.2, 0.25) is 14.8 Å². The number of allylic oxidation sites excluding steroid dienone is 1. The Bertz CT molecular complexity index is 1680. The number of hydrogen-bond acceptors (Lipinski definition) is 4. The molecule has 0 bridgehead atoms. The van der Waals surface area contributed by atoms with Crippen LogP contribution in [0, 0.1) is 0 Å². The first-order valence-electron chi connectivity index (χ1n) is 15.5. The SMILES string of the molecule is CC(C)(C)OC(=O)n1cc(C[C@@H]2CN3C=[C]([Sn]([CH3])([CH3])[CH3])CC[C@@H]3CN2C(=O)c2cc(C(F)(F)F)cc(C(F)(F)F)c2)c2ccccc21. The maximum atomic E-state index is 14.1. The van der Waals surface area contributed by atoms with Crippen molar-refractivity contribution in [2.45, 2.75) is 84.9 Å². The molecule has 0 spiro atoms. The second kappa shape index (κ2) is 12.4. The fourth-order valence-electron chi connectivity index (χ4n) is 6.34. The Hall–Kier alpha value is -3.16. The van der Waals surface area contributed by atoms with E-state index in [0.717, 1.165) is 18.2 Å². The van der Waals surface area contributed by atoms with Crippen molar-refractivity contribution in [3.05, 3.63) is 80.7 Å². The van der Waals surface area contributed by atoms with Gasteiger partial charge in [-0.2, -0.15) is 0 Å². The van der Waals surface area contributed by atoms with Gasteiger partial charge in [0.05, 0.1) is 0 Å². The first-order valence-corrected chi connectivity index (χ1v) is 25.5. The quantitative estimate of drug-likeness (QED) is 0.197. The molecular formula is C34H39F6N3O3Sn. The number of piperazine rings is 1. The molecule has 0 unspecified atom stereocenters. The van der Waals surface area contributed by atoms with E-state index in [1.165, 1.54) is 13.1 Å². The van der Waals surface area contributed by atoms with Crippen LogP contribution in [0.15, 0.2) is 58.5 Å². The number of fused-ring (bicyclic) bond motifs is 2. The number of carbonyl (C=O) groups excluding carboxylic acids is 2. The molecule has 254 valence electrons. The molecule has 2 aromatic carbocycles. The summed E-state index contributed by atoms with van der Waals surface area (Å²) in [7, 11) is 0. The van der Waals surface area contributed by atoms with Crippen LogP contribution in [0.3, 0.4) is 0 Å². The fourth-order valence-corrected chi connectivity index (χ4v) is 10.5. The summed E-state index contributed by atoms with van der Waals surface area (Å²) in [4.78, 5) is 37.8. The van der Waals surface area contributed by atoms with Crippen molar-refractivity contribution in [1.29, 1.82) is 0 Å². The number of benzene rings is 2. The van der Waals surface area contributed by atoms with Crippen LogP contribution in [-0.2, 0) is 23.5 Å². The monoisotopic (exact) mass is 771 g/mol. The van der Waals surface area contributed by atoms with Gasteiger partial charge in [0.1, 0.15) is 0 Å². The van der Waals surface area contributed by atoms with Crippen molar-refractivity contribution in [3.8, 4) is 0 Å². The average molecular weight is 770 g/mol. The van der Waals surface area contributed by atoms with Gasteiger partial charge in [-0.15, -0.1) is 0 Å². The Labute approximate surface area is 274 Å². The van der Waals surface area contributed by atoms with E-state index in [1.54, 1.807) is 39.1 Å². The summed E-state index contributed by atoms with van der Waals surface area (Å²) in [6.07, 6.45) is -5.16. The first-order chi connectivity index (χ1) is 21.6. The average Bonchev–Trinajstić information content (AvgIpc) is 3.32. The third kappa shape index (κ3) is 7.78. The molecule has 6 nitrogen and oxygen atoms in total. The van der Waals surface area contributed by atoms with Crippen LogP contribution in [0.25, 0.3) is 10.9 Å². The molecule has 47 heavy (non-hydrogen) atoms. The van der Waals surface area contributed by atoms with Crippen LogP contribution in [0.1, 0.15) is 60.7 Å². The molecule has 0 aliphatic carbocycles. The van der Waals surface area contributed by atoms with Gasteiger partial charge >= 0.3 is 254 Å². The van der Waals surface area contributed by atoms with Crippen LogP contribution in [0.4, 0.5) is 31.1 Å². The van der Waals surface area contributed by atoms with E-state index >= 15 is 0 Å². The van der Waals surface area contributed by atoms with E-state index in [-0.39, 0.29) is 25.1 Å². The molecule has 5 rings (SSSR count). The molecule has 1 saturated heterocycles. The third-order valence-corrected chi connectivity index (χ3v) is 15.3.